The fraction of sp³-hybridized carbons (Fsp3) is 0.273. The normalized spacial score (nSPS) is 11.8. The van der Waals surface area contributed by atoms with E-state index in [1.54, 1.807) is 25.1 Å². The van der Waals surface area contributed by atoms with Gasteiger partial charge >= 0.3 is 0 Å². The zero-order valence-corrected chi connectivity index (χ0v) is 13.6. The van der Waals surface area contributed by atoms with Gasteiger partial charge in [0.1, 0.15) is 0 Å². The third kappa shape index (κ3) is 3.64. The summed E-state index contributed by atoms with van der Waals surface area (Å²) < 4.78 is 27.1. The van der Waals surface area contributed by atoms with Crippen LogP contribution in [0.4, 0.5) is 0 Å². The summed E-state index contributed by atoms with van der Waals surface area (Å²) in [5.41, 5.74) is 0.794. The summed E-state index contributed by atoms with van der Waals surface area (Å²) in [6, 6.07) is 5.06. The molecule has 0 aromatic heterocycles. The van der Waals surface area contributed by atoms with Crippen LogP contribution in [-0.2, 0) is 10.0 Å². The van der Waals surface area contributed by atoms with Gasteiger partial charge in [-0.1, -0.05) is 28.1 Å². The lowest BCUT2D eigenvalue weighted by molar-refractivity contribution is 0.492. The highest BCUT2D eigenvalue weighted by Crippen LogP contribution is 2.27. The standard InChI is InChI=1S/C11H13Br2NO2S/c1-8(2)7-14(3)17(15,16)11-6-9(12)4-5-10(11)13/h4-6H,1,7H2,2-3H3. The Morgan fingerprint density at radius 1 is 1.41 bits per heavy atom. The van der Waals surface area contributed by atoms with Crippen molar-refractivity contribution in [2.75, 3.05) is 13.6 Å². The maximum Gasteiger partial charge on any atom is 0.244 e. The molecular weight excluding hydrogens is 370 g/mol. The van der Waals surface area contributed by atoms with Crippen LogP contribution in [0.25, 0.3) is 0 Å². The van der Waals surface area contributed by atoms with Gasteiger partial charge in [0.25, 0.3) is 0 Å². The minimum atomic E-state index is -3.49. The molecule has 94 valence electrons. The first kappa shape index (κ1) is 14.9. The minimum Gasteiger partial charge on any atom is -0.207 e. The molecule has 0 amide bonds. The second-order valence-corrected chi connectivity index (χ2v) is 7.58. The first-order valence-corrected chi connectivity index (χ1v) is 7.83. The SMILES string of the molecule is C=C(C)CN(C)S(=O)(=O)c1cc(Br)ccc1Br. The third-order valence-corrected chi connectivity index (χ3v) is 5.36. The van der Waals surface area contributed by atoms with E-state index in [4.69, 9.17) is 0 Å². The van der Waals surface area contributed by atoms with Crippen molar-refractivity contribution in [2.45, 2.75) is 11.8 Å². The van der Waals surface area contributed by atoms with E-state index in [0.717, 1.165) is 10.0 Å². The van der Waals surface area contributed by atoms with Crippen LogP contribution < -0.4 is 0 Å². The number of hydrogen-bond donors (Lipinski definition) is 0. The topological polar surface area (TPSA) is 37.4 Å². The van der Waals surface area contributed by atoms with E-state index in [0.29, 0.717) is 11.0 Å². The van der Waals surface area contributed by atoms with E-state index in [1.807, 2.05) is 0 Å². The molecule has 0 aliphatic rings. The van der Waals surface area contributed by atoms with E-state index in [-0.39, 0.29) is 4.90 Å². The summed E-state index contributed by atoms with van der Waals surface area (Å²) in [6.45, 7) is 5.82. The average molecular weight is 383 g/mol. The predicted octanol–water partition coefficient (Wildman–Crippen LogP) is 3.41. The molecule has 6 heteroatoms. The number of sulfonamides is 1. The van der Waals surface area contributed by atoms with Crippen LogP contribution in [0.5, 0.6) is 0 Å². The van der Waals surface area contributed by atoms with E-state index >= 15 is 0 Å². The van der Waals surface area contributed by atoms with Gasteiger partial charge in [-0.2, -0.15) is 4.31 Å². The highest BCUT2D eigenvalue weighted by molar-refractivity contribution is 9.11. The zero-order valence-electron chi connectivity index (χ0n) is 9.57. The van der Waals surface area contributed by atoms with Gasteiger partial charge in [-0.25, -0.2) is 8.42 Å². The molecule has 0 bridgehead atoms. The Balaban J connectivity index is 3.21. The van der Waals surface area contributed by atoms with Crippen LogP contribution in [0.3, 0.4) is 0 Å². The fourth-order valence-electron chi connectivity index (χ4n) is 1.31. The molecule has 0 atom stereocenters. The van der Waals surface area contributed by atoms with Crippen molar-refractivity contribution in [1.29, 1.82) is 0 Å². The van der Waals surface area contributed by atoms with E-state index in [2.05, 4.69) is 38.4 Å². The minimum absolute atomic E-state index is 0.246. The molecule has 0 radical (unpaired) electrons. The summed E-state index contributed by atoms with van der Waals surface area (Å²) >= 11 is 6.52. The van der Waals surface area contributed by atoms with Crippen molar-refractivity contribution in [2.24, 2.45) is 0 Å². The molecule has 17 heavy (non-hydrogen) atoms. The van der Waals surface area contributed by atoms with Crippen molar-refractivity contribution in [3.05, 3.63) is 39.3 Å². The lowest BCUT2D eigenvalue weighted by atomic mass is 10.4. The van der Waals surface area contributed by atoms with E-state index < -0.39 is 10.0 Å². The molecule has 0 aliphatic carbocycles. The lowest BCUT2D eigenvalue weighted by Gasteiger charge is -2.18. The van der Waals surface area contributed by atoms with Crippen LogP contribution >= 0.6 is 31.9 Å². The quantitative estimate of drug-likeness (QED) is 0.748. The molecule has 3 nitrogen and oxygen atoms in total. The first-order valence-electron chi connectivity index (χ1n) is 4.81. The van der Waals surface area contributed by atoms with Crippen molar-refractivity contribution >= 4 is 41.9 Å². The maximum atomic E-state index is 12.3. The third-order valence-electron chi connectivity index (χ3n) is 2.07. The van der Waals surface area contributed by atoms with Crippen molar-refractivity contribution in [3.8, 4) is 0 Å². The van der Waals surface area contributed by atoms with Crippen LogP contribution in [0.1, 0.15) is 6.92 Å². The molecule has 0 saturated heterocycles. The van der Waals surface area contributed by atoms with Crippen LogP contribution in [0.15, 0.2) is 44.2 Å². The van der Waals surface area contributed by atoms with E-state index in [1.165, 1.54) is 11.4 Å². The van der Waals surface area contributed by atoms with Gasteiger partial charge in [0.2, 0.25) is 10.0 Å². The molecular formula is C11H13Br2NO2S. The Labute approximate surface area is 119 Å². The predicted molar refractivity (Wildman–Crippen MR) is 76.5 cm³/mol. The van der Waals surface area contributed by atoms with Crippen LogP contribution in [0.2, 0.25) is 0 Å². The molecule has 0 spiro atoms. The number of likely N-dealkylation sites (N-methyl/N-ethyl adjacent to an activating group) is 1. The Morgan fingerprint density at radius 3 is 2.53 bits per heavy atom. The number of hydrogen-bond acceptors (Lipinski definition) is 2. The number of halogens is 2. The summed E-state index contributed by atoms with van der Waals surface area (Å²) in [7, 11) is -1.95. The van der Waals surface area contributed by atoms with Gasteiger partial charge in [0.05, 0.1) is 4.90 Å². The summed E-state index contributed by atoms with van der Waals surface area (Å²) in [5, 5.41) is 0. The molecule has 0 unspecified atom stereocenters. The number of nitrogens with zero attached hydrogens (tertiary/aromatic N) is 1. The van der Waals surface area contributed by atoms with Crippen LogP contribution in [0, 0.1) is 0 Å². The highest BCUT2D eigenvalue weighted by Gasteiger charge is 2.23. The zero-order chi connectivity index (χ0) is 13.2. The lowest BCUT2D eigenvalue weighted by Crippen LogP contribution is -2.28. The van der Waals surface area contributed by atoms with Crippen molar-refractivity contribution in [3.63, 3.8) is 0 Å². The summed E-state index contributed by atoms with van der Waals surface area (Å²) in [4.78, 5) is 0.246. The molecule has 1 rings (SSSR count). The second-order valence-electron chi connectivity index (χ2n) is 3.79. The van der Waals surface area contributed by atoms with Crippen molar-refractivity contribution < 1.29 is 8.42 Å². The monoisotopic (exact) mass is 381 g/mol. The molecule has 1 aromatic rings. The van der Waals surface area contributed by atoms with Gasteiger partial charge in [0.15, 0.2) is 0 Å². The summed E-state index contributed by atoms with van der Waals surface area (Å²) in [6.07, 6.45) is 0. The molecule has 1 aromatic carbocycles. The second kappa shape index (κ2) is 5.65. The average Bonchev–Trinajstić information content (AvgIpc) is 2.20. The molecule has 0 fully saturated rings. The molecule has 0 aliphatic heterocycles. The number of benzene rings is 1. The smallest absolute Gasteiger partial charge is 0.207 e. The molecule has 0 saturated carbocycles. The Morgan fingerprint density at radius 2 is 2.00 bits per heavy atom. The van der Waals surface area contributed by atoms with Crippen LogP contribution in [-0.4, -0.2) is 26.3 Å². The van der Waals surface area contributed by atoms with E-state index in [9.17, 15) is 8.42 Å². The number of rotatable bonds is 4. The van der Waals surface area contributed by atoms with Gasteiger partial charge in [-0.3, -0.25) is 0 Å². The Hall–Kier alpha value is -0.170. The fourth-order valence-corrected chi connectivity index (χ4v) is 4.00. The van der Waals surface area contributed by atoms with Gasteiger partial charge in [-0.15, -0.1) is 0 Å². The Bertz CT molecular complexity index is 540. The van der Waals surface area contributed by atoms with Crippen molar-refractivity contribution in [1.82, 2.24) is 4.31 Å². The summed E-state index contributed by atoms with van der Waals surface area (Å²) in [5.74, 6) is 0. The largest absolute Gasteiger partial charge is 0.244 e. The highest BCUT2D eigenvalue weighted by atomic mass is 79.9. The van der Waals surface area contributed by atoms with Gasteiger partial charge in [-0.05, 0) is 41.1 Å². The van der Waals surface area contributed by atoms with Gasteiger partial charge in [0, 0.05) is 22.5 Å². The Kier molecular flexibility index (Phi) is 4.95. The van der Waals surface area contributed by atoms with Gasteiger partial charge < -0.3 is 0 Å². The maximum absolute atomic E-state index is 12.3. The molecule has 0 N–H and O–H groups in total. The first-order chi connectivity index (χ1) is 7.75. The molecule has 0 heterocycles.